The molecule has 21 heavy (non-hydrogen) atoms. The van der Waals surface area contributed by atoms with Crippen LogP contribution in [-0.4, -0.2) is 24.8 Å². The van der Waals surface area contributed by atoms with Crippen molar-refractivity contribution in [2.24, 2.45) is 5.92 Å². The molecule has 2 aliphatic heterocycles. The van der Waals surface area contributed by atoms with E-state index in [9.17, 15) is 4.79 Å². The molecule has 0 spiro atoms. The lowest BCUT2D eigenvalue weighted by Crippen LogP contribution is -2.30. The Hall–Kier alpha value is -1.75. The van der Waals surface area contributed by atoms with Crippen molar-refractivity contribution in [2.45, 2.75) is 38.9 Å². The van der Waals surface area contributed by atoms with E-state index in [1.54, 1.807) is 0 Å². The van der Waals surface area contributed by atoms with Crippen molar-refractivity contribution < 1.29 is 14.3 Å². The Balaban J connectivity index is 1.59. The topological polar surface area (TPSA) is 59.6 Å². The fourth-order valence-electron chi connectivity index (χ4n) is 2.86. The van der Waals surface area contributed by atoms with Crippen molar-refractivity contribution in [3.63, 3.8) is 0 Å². The van der Waals surface area contributed by atoms with Gasteiger partial charge in [0, 0.05) is 32.0 Å². The van der Waals surface area contributed by atoms with E-state index in [0.29, 0.717) is 18.1 Å². The second-order valence-corrected chi connectivity index (χ2v) is 6.21. The number of benzene rings is 1. The van der Waals surface area contributed by atoms with E-state index in [4.69, 9.17) is 9.47 Å². The molecule has 2 aliphatic rings. The molecular weight excluding hydrogens is 268 g/mol. The van der Waals surface area contributed by atoms with Crippen LogP contribution in [0.15, 0.2) is 18.2 Å². The lowest BCUT2D eigenvalue weighted by Gasteiger charge is -2.21. The molecule has 1 fully saturated rings. The number of amides is 1. The number of fused-ring (bicyclic) bond motifs is 1. The summed E-state index contributed by atoms with van der Waals surface area (Å²) in [5, 5.41) is 6.26. The maximum absolute atomic E-state index is 12.1. The second-order valence-electron chi connectivity index (χ2n) is 6.21. The van der Waals surface area contributed by atoms with Crippen molar-refractivity contribution in [1.82, 2.24) is 5.32 Å². The van der Waals surface area contributed by atoms with Crippen LogP contribution >= 0.6 is 0 Å². The molecule has 1 saturated heterocycles. The third kappa shape index (κ3) is 3.47. The summed E-state index contributed by atoms with van der Waals surface area (Å²) >= 11 is 0. The van der Waals surface area contributed by atoms with E-state index in [1.807, 2.05) is 32.0 Å². The van der Waals surface area contributed by atoms with Crippen LogP contribution in [0.4, 0.5) is 5.69 Å². The number of nitrogens with one attached hydrogen (secondary N) is 2. The van der Waals surface area contributed by atoms with Gasteiger partial charge in [0.05, 0.1) is 0 Å². The van der Waals surface area contributed by atoms with Crippen LogP contribution in [0.25, 0.3) is 0 Å². The van der Waals surface area contributed by atoms with Crippen molar-refractivity contribution in [2.75, 3.05) is 18.4 Å². The van der Waals surface area contributed by atoms with E-state index in [1.165, 1.54) is 0 Å². The molecule has 0 radical (unpaired) electrons. The molecule has 114 valence electrons. The van der Waals surface area contributed by atoms with E-state index < -0.39 is 5.79 Å². The predicted octanol–water partition coefficient (Wildman–Crippen LogP) is 2.52. The predicted molar refractivity (Wildman–Crippen MR) is 80.6 cm³/mol. The number of ether oxygens (including phenoxy) is 2. The SMILES string of the molecule is CC1(C)Oc2ccc(NC(=O)CC3CCNCC3)cc2O1. The van der Waals surface area contributed by atoms with Crippen molar-refractivity contribution in [3.05, 3.63) is 18.2 Å². The van der Waals surface area contributed by atoms with Gasteiger partial charge in [-0.05, 0) is 44.0 Å². The van der Waals surface area contributed by atoms with Crippen molar-refractivity contribution >= 4 is 11.6 Å². The van der Waals surface area contributed by atoms with Gasteiger partial charge >= 0.3 is 0 Å². The largest absolute Gasteiger partial charge is 0.449 e. The van der Waals surface area contributed by atoms with Crippen LogP contribution in [-0.2, 0) is 4.79 Å². The molecule has 3 rings (SSSR count). The summed E-state index contributed by atoms with van der Waals surface area (Å²) in [7, 11) is 0. The zero-order valence-electron chi connectivity index (χ0n) is 12.6. The molecule has 1 amide bonds. The summed E-state index contributed by atoms with van der Waals surface area (Å²) in [6.07, 6.45) is 2.73. The Kier molecular flexibility index (Phi) is 3.76. The standard InChI is InChI=1S/C16H22N2O3/c1-16(2)20-13-4-3-12(10-14(13)21-16)18-15(19)9-11-5-7-17-8-6-11/h3-4,10-11,17H,5-9H2,1-2H3,(H,18,19). The molecule has 0 atom stereocenters. The molecule has 5 nitrogen and oxygen atoms in total. The highest BCUT2D eigenvalue weighted by Gasteiger charge is 2.31. The van der Waals surface area contributed by atoms with Gasteiger partial charge in [-0.3, -0.25) is 4.79 Å². The lowest BCUT2D eigenvalue weighted by molar-refractivity contribution is -0.117. The highest BCUT2D eigenvalue weighted by Crippen LogP contribution is 2.40. The van der Waals surface area contributed by atoms with E-state index >= 15 is 0 Å². The minimum atomic E-state index is -0.639. The maximum atomic E-state index is 12.1. The fraction of sp³-hybridized carbons (Fsp3) is 0.562. The summed E-state index contributed by atoms with van der Waals surface area (Å²) in [5.74, 6) is 1.32. The first-order valence-electron chi connectivity index (χ1n) is 7.54. The van der Waals surface area contributed by atoms with Crippen LogP contribution in [0.3, 0.4) is 0 Å². The Morgan fingerprint density at radius 3 is 2.76 bits per heavy atom. The molecule has 0 aliphatic carbocycles. The van der Waals surface area contributed by atoms with E-state index in [0.717, 1.165) is 37.4 Å². The molecule has 0 unspecified atom stereocenters. The summed E-state index contributed by atoms with van der Waals surface area (Å²) in [5.41, 5.74) is 0.758. The summed E-state index contributed by atoms with van der Waals surface area (Å²) < 4.78 is 11.3. The number of hydrogen-bond acceptors (Lipinski definition) is 4. The van der Waals surface area contributed by atoms with Crippen molar-refractivity contribution in [1.29, 1.82) is 0 Å². The molecule has 5 heteroatoms. The van der Waals surface area contributed by atoms with Gasteiger partial charge in [0.25, 0.3) is 0 Å². The lowest BCUT2D eigenvalue weighted by atomic mass is 9.94. The van der Waals surface area contributed by atoms with Gasteiger partial charge < -0.3 is 20.1 Å². The minimum Gasteiger partial charge on any atom is -0.449 e. The Bertz CT molecular complexity index is 536. The van der Waals surface area contributed by atoms with Gasteiger partial charge in [-0.2, -0.15) is 0 Å². The summed E-state index contributed by atoms with van der Waals surface area (Å²) in [4.78, 5) is 12.1. The highest BCUT2D eigenvalue weighted by atomic mass is 16.7. The van der Waals surface area contributed by atoms with Crippen LogP contribution in [0.5, 0.6) is 11.5 Å². The summed E-state index contributed by atoms with van der Waals surface area (Å²) in [6.45, 7) is 5.75. The number of carbonyl (C=O) groups is 1. The van der Waals surface area contributed by atoms with Gasteiger partial charge in [-0.25, -0.2) is 0 Å². The van der Waals surface area contributed by atoms with Crippen LogP contribution in [0.1, 0.15) is 33.1 Å². The van der Waals surface area contributed by atoms with Gasteiger partial charge in [0.2, 0.25) is 11.7 Å². The van der Waals surface area contributed by atoms with Gasteiger partial charge in [0.15, 0.2) is 11.5 Å². The molecule has 0 saturated carbocycles. The first kappa shape index (κ1) is 14.2. The number of carbonyl (C=O) groups excluding carboxylic acids is 1. The highest BCUT2D eigenvalue weighted by molar-refractivity contribution is 5.91. The first-order valence-corrected chi connectivity index (χ1v) is 7.54. The Morgan fingerprint density at radius 1 is 1.29 bits per heavy atom. The van der Waals surface area contributed by atoms with E-state index in [-0.39, 0.29) is 5.91 Å². The average Bonchev–Trinajstić information content (AvgIpc) is 2.73. The van der Waals surface area contributed by atoms with Gasteiger partial charge in [-0.15, -0.1) is 0 Å². The van der Waals surface area contributed by atoms with Crippen molar-refractivity contribution in [3.8, 4) is 11.5 Å². The zero-order valence-corrected chi connectivity index (χ0v) is 12.6. The number of rotatable bonds is 3. The smallest absolute Gasteiger partial charge is 0.246 e. The Morgan fingerprint density at radius 2 is 2.00 bits per heavy atom. The molecule has 2 N–H and O–H groups in total. The normalized spacial score (nSPS) is 20.3. The van der Waals surface area contributed by atoms with Gasteiger partial charge in [0.1, 0.15) is 0 Å². The van der Waals surface area contributed by atoms with Gasteiger partial charge in [-0.1, -0.05) is 0 Å². The second kappa shape index (κ2) is 5.56. The molecule has 1 aromatic carbocycles. The van der Waals surface area contributed by atoms with Crippen LogP contribution < -0.4 is 20.1 Å². The quantitative estimate of drug-likeness (QED) is 0.898. The molecule has 0 bridgehead atoms. The fourth-order valence-corrected chi connectivity index (χ4v) is 2.86. The maximum Gasteiger partial charge on any atom is 0.246 e. The molecule has 0 aromatic heterocycles. The Labute approximate surface area is 125 Å². The van der Waals surface area contributed by atoms with Crippen LogP contribution in [0.2, 0.25) is 0 Å². The molecular formula is C16H22N2O3. The molecule has 2 heterocycles. The minimum absolute atomic E-state index is 0.0695. The monoisotopic (exact) mass is 290 g/mol. The first-order chi connectivity index (χ1) is 10.0. The average molecular weight is 290 g/mol. The number of hydrogen-bond donors (Lipinski definition) is 2. The third-order valence-corrected chi connectivity index (χ3v) is 3.87. The van der Waals surface area contributed by atoms with E-state index in [2.05, 4.69) is 10.6 Å². The summed E-state index contributed by atoms with van der Waals surface area (Å²) in [6, 6.07) is 5.51. The zero-order chi connectivity index (χ0) is 14.9. The number of anilines is 1. The molecule has 1 aromatic rings. The van der Waals surface area contributed by atoms with Crippen LogP contribution in [0, 0.1) is 5.92 Å². The third-order valence-electron chi connectivity index (χ3n) is 3.87. The number of piperidine rings is 1.